The number of carbonyl (C=O) groups excluding carboxylic acids is 1. The number of rotatable bonds is 5. The van der Waals surface area contributed by atoms with Crippen molar-refractivity contribution in [1.29, 1.82) is 0 Å². The molecule has 6 heteroatoms. The predicted molar refractivity (Wildman–Crippen MR) is 119 cm³/mol. The molecule has 0 saturated carbocycles. The highest BCUT2D eigenvalue weighted by Crippen LogP contribution is 2.18. The quantitative estimate of drug-likeness (QED) is 0.670. The molecular formula is C25H28FN3O2. The molecule has 3 aromatic rings. The van der Waals surface area contributed by atoms with Gasteiger partial charge in [-0.1, -0.05) is 24.3 Å². The van der Waals surface area contributed by atoms with E-state index in [4.69, 9.17) is 4.74 Å². The summed E-state index contributed by atoms with van der Waals surface area (Å²) >= 11 is 0. The summed E-state index contributed by atoms with van der Waals surface area (Å²) in [6.45, 7) is 9.20. The van der Waals surface area contributed by atoms with Crippen LogP contribution in [0.25, 0.3) is 10.9 Å². The van der Waals surface area contributed by atoms with Gasteiger partial charge in [-0.05, 0) is 50.1 Å². The van der Waals surface area contributed by atoms with Crippen LogP contribution in [0.4, 0.5) is 4.39 Å². The molecule has 2 heterocycles. The van der Waals surface area contributed by atoms with E-state index >= 15 is 0 Å². The maximum atomic E-state index is 13.4. The molecule has 1 fully saturated rings. The molecule has 1 aliphatic heterocycles. The Morgan fingerprint density at radius 1 is 1.10 bits per heavy atom. The van der Waals surface area contributed by atoms with Crippen LogP contribution in [-0.2, 0) is 17.8 Å². The maximum absolute atomic E-state index is 13.4. The summed E-state index contributed by atoms with van der Waals surface area (Å²) in [5.74, 6) is -0.519. The van der Waals surface area contributed by atoms with E-state index in [0.29, 0.717) is 23.3 Å². The van der Waals surface area contributed by atoms with Crippen molar-refractivity contribution in [2.24, 2.45) is 0 Å². The number of benzene rings is 2. The lowest BCUT2D eigenvalue weighted by atomic mass is 10.1. The average molecular weight is 422 g/mol. The minimum atomic E-state index is -0.335. The van der Waals surface area contributed by atoms with Crippen molar-refractivity contribution in [1.82, 2.24) is 15.2 Å². The van der Waals surface area contributed by atoms with Crippen LogP contribution in [0.1, 0.15) is 41.0 Å². The van der Waals surface area contributed by atoms with Crippen molar-refractivity contribution in [3.8, 4) is 0 Å². The Labute approximate surface area is 182 Å². The van der Waals surface area contributed by atoms with Crippen LogP contribution in [-0.4, -0.2) is 41.1 Å². The number of pyridine rings is 1. The zero-order valence-electron chi connectivity index (χ0n) is 18.2. The largest absolute Gasteiger partial charge is 0.373 e. The van der Waals surface area contributed by atoms with E-state index in [2.05, 4.69) is 53.3 Å². The van der Waals surface area contributed by atoms with Gasteiger partial charge in [-0.25, -0.2) is 4.39 Å². The lowest BCUT2D eigenvalue weighted by molar-refractivity contribution is -0.0704. The monoisotopic (exact) mass is 421 g/mol. The number of hydrogen-bond acceptors (Lipinski definition) is 4. The van der Waals surface area contributed by atoms with Crippen molar-refractivity contribution < 1.29 is 13.9 Å². The zero-order valence-corrected chi connectivity index (χ0v) is 18.2. The molecule has 5 nitrogen and oxygen atoms in total. The van der Waals surface area contributed by atoms with E-state index in [0.717, 1.165) is 30.6 Å². The van der Waals surface area contributed by atoms with Crippen LogP contribution in [0.15, 0.2) is 48.5 Å². The van der Waals surface area contributed by atoms with E-state index in [-0.39, 0.29) is 23.9 Å². The summed E-state index contributed by atoms with van der Waals surface area (Å²) in [6.07, 6.45) is 0.510. The first-order valence-corrected chi connectivity index (χ1v) is 10.7. The third-order valence-corrected chi connectivity index (χ3v) is 5.59. The Morgan fingerprint density at radius 2 is 1.77 bits per heavy atom. The molecule has 1 aromatic heterocycles. The van der Waals surface area contributed by atoms with Gasteiger partial charge in [0.2, 0.25) is 0 Å². The molecule has 2 atom stereocenters. The van der Waals surface area contributed by atoms with Gasteiger partial charge in [0, 0.05) is 37.6 Å². The van der Waals surface area contributed by atoms with Crippen molar-refractivity contribution in [2.45, 2.75) is 46.1 Å². The molecule has 0 spiro atoms. The van der Waals surface area contributed by atoms with Crippen LogP contribution < -0.4 is 5.32 Å². The molecule has 1 amide bonds. The number of nitrogens with one attached hydrogen (secondary N) is 1. The van der Waals surface area contributed by atoms with E-state index < -0.39 is 0 Å². The van der Waals surface area contributed by atoms with Gasteiger partial charge < -0.3 is 10.1 Å². The number of aryl methyl sites for hydroxylation is 1. The molecule has 31 heavy (non-hydrogen) atoms. The van der Waals surface area contributed by atoms with Crippen molar-refractivity contribution >= 4 is 16.8 Å². The van der Waals surface area contributed by atoms with Gasteiger partial charge in [0.25, 0.3) is 5.91 Å². The van der Waals surface area contributed by atoms with E-state index in [1.165, 1.54) is 17.7 Å². The fourth-order valence-corrected chi connectivity index (χ4v) is 4.18. The highest BCUT2D eigenvalue weighted by atomic mass is 19.1. The van der Waals surface area contributed by atoms with Gasteiger partial charge in [-0.2, -0.15) is 0 Å². The number of amides is 1. The number of ether oxygens (including phenoxy) is 1. The molecular weight excluding hydrogens is 393 g/mol. The third kappa shape index (κ3) is 5.27. The highest BCUT2D eigenvalue weighted by Gasteiger charge is 2.22. The molecule has 0 radical (unpaired) electrons. The maximum Gasteiger partial charge on any atom is 0.253 e. The van der Waals surface area contributed by atoms with Gasteiger partial charge in [0.1, 0.15) is 5.82 Å². The number of carbonyl (C=O) groups is 1. The number of nitrogens with zero attached hydrogens (tertiary/aromatic N) is 2. The number of fused-ring (bicyclic) bond motifs is 1. The lowest BCUT2D eigenvalue weighted by Crippen LogP contribution is -2.44. The molecule has 0 bridgehead atoms. The minimum absolute atomic E-state index is 0.184. The first kappa shape index (κ1) is 21.4. The summed E-state index contributed by atoms with van der Waals surface area (Å²) in [5.41, 5.74) is 3.92. The molecule has 1 aliphatic rings. The Hall–Kier alpha value is -2.83. The van der Waals surface area contributed by atoms with Gasteiger partial charge >= 0.3 is 0 Å². The van der Waals surface area contributed by atoms with Gasteiger partial charge in [-0.3, -0.25) is 14.7 Å². The van der Waals surface area contributed by atoms with Gasteiger partial charge in [0.15, 0.2) is 0 Å². The fourth-order valence-electron chi connectivity index (χ4n) is 4.18. The normalized spacial score (nSPS) is 19.5. The SMILES string of the molecule is Cc1nc2cc(F)ccc2cc1C(=O)NCc1ccc(CN2CC(C)OC(C)C2)cc1. The number of halogens is 1. The fraction of sp³-hybridized carbons (Fsp3) is 0.360. The van der Waals surface area contributed by atoms with Crippen LogP contribution in [0.2, 0.25) is 0 Å². The highest BCUT2D eigenvalue weighted by molar-refractivity contribution is 5.98. The van der Waals surface area contributed by atoms with Crippen LogP contribution in [0.3, 0.4) is 0 Å². The van der Waals surface area contributed by atoms with Gasteiger partial charge in [-0.15, -0.1) is 0 Å². The molecule has 162 valence electrons. The summed E-state index contributed by atoms with van der Waals surface area (Å²) in [5, 5.41) is 3.71. The molecule has 2 aromatic carbocycles. The molecule has 1 saturated heterocycles. The Bertz CT molecular complexity index is 1070. The average Bonchev–Trinajstić information content (AvgIpc) is 2.71. The molecule has 4 rings (SSSR count). The van der Waals surface area contributed by atoms with Crippen LogP contribution >= 0.6 is 0 Å². The predicted octanol–water partition coefficient (Wildman–Crippen LogP) is 4.22. The van der Waals surface area contributed by atoms with Crippen molar-refractivity contribution in [3.05, 3.63) is 76.7 Å². The smallest absolute Gasteiger partial charge is 0.253 e. The lowest BCUT2D eigenvalue weighted by Gasteiger charge is -2.35. The molecule has 0 aliphatic carbocycles. The summed E-state index contributed by atoms with van der Waals surface area (Å²) in [6, 6.07) is 14.5. The summed E-state index contributed by atoms with van der Waals surface area (Å²) < 4.78 is 19.2. The van der Waals surface area contributed by atoms with E-state index in [9.17, 15) is 9.18 Å². The summed E-state index contributed by atoms with van der Waals surface area (Å²) in [4.78, 5) is 19.5. The first-order valence-electron chi connectivity index (χ1n) is 10.7. The summed E-state index contributed by atoms with van der Waals surface area (Å²) in [7, 11) is 0. The molecule has 2 unspecified atom stereocenters. The van der Waals surface area contributed by atoms with E-state index in [1.54, 1.807) is 19.1 Å². The van der Waals surface area contributed by atoms with Crippen molar-refractivity contribution in [3.63, 3.8) is 0 Å². The van der Waals surface area contributed by atoms with Crippen LogP contribution in [0, 0.1) is 12.7 Å². The Balaban J connectivity index is 1.37. The van der Waals surface area contributed by atoms with Gasteiger partial charge in [0.05, 0.1) is 29.0 Å². The minimum Gasteiger partial charge on any atom is -0.373 e. The number of hydrogen-bond donors (Lipinski definition) is 1. The number of morpholine rings is 1. The number of aromatic nitrogens is 1. The topological polar surface area (TPSA) is 54.5 Å². The second-order valence-corrected chi connectivity index (χ2v) is 8.41. The van der Waals surface area contributed by atoms with Crippen LogP contribution in [0.5, 0.6) is 0 Å². The first-order chi connectivity index (χ1) is 14.9. The Morgan fingerprint density at radius 3 is 2.48 bits per heavy atom. The second-order valence-electron chi connectivity index (χ2n) is 8.41. The van der Waals surface area contributed by atoms with Crippen molar-refractivity contribution in [2.75, 3.05) is 13.1 Å². The zero-order chi connectivity index (χ0) is 22.0. The Kier molecular flexibility index (Phi) is 6.30. The standard InChI is InChI=1S/C25H28FN3O2/c1-16-13-29(14-17(2)31-16)15-20-6-4-19(5-7-20)12-27-25(30)23-10-21-8-9-22(26)11-24(21)28-18(23)3/h4-11,16-17H,12-15H2,1-3H3,(H,27,30). The molecule has 1 N–H and O–H groups in total. The third-order valence-electron chi connectivity index (χ3n) is 5.59. The van der Waals surface area contributed by atoms with E-state index in [1.807, 2.05) is 0 Å². The second kappa shape index (κ2) is 9.12.